The molecule has 31 heavy (non-hydrogen) atoms. The topological polar surface area (TPSA) is 84.9 Å². The number of amides is 1. The van der Waals surface area contributed by atoms with Gasteiger partial charge in [0.05, 0.1) is 18.1 Å². The van der Waals surface area contributed by atoms with Gasteiger partial charge in [0.15, 0.2) is 11.5 Å². The van der Waals surface area contributed by atoms with E-state index in [0.29, 0.717) is 50.6 Å². The van der Waals surface area contributed by atoms with Crippen molar-refractivity contribution in [2.45, 2.75) is 38.0 Å². The summed E-state index contributed by atoms with van der Waals surface area (Å²) in [7, 11) is -3.66. The lowest BCUT2D eigenvalue weighted by Crippen LogP contribution is -2.41. The highest BCUT2D eigenvalue weighted by Crippen LogP contribution is 2.34. The van der Waals surface area contributed by atoms with E-state index in [-0.39, 0.29) is 16.7 Å². The van der Waals surface area contributed by atoms with Crippen molar-refractivity contribution in [3.05, 3.63) is 47.5 Å². The number of nitrogens with zero attached hydrogens (tertiary/aromatic N) is 1. The first-order valence-corrected chi connectivity index (χ1v) is 12.1. The molecular formula is C23H28N2O5S. The first kappa shape index (κ1) is 21.6. The van der Waals surface area contributed by atoms with E-state index >= 15 is 0 Å². The smallest absolute Gasteiger partial charge is 0.243 e. The average Bonchev–Trinajstić information content (AvgIpc) is 3.01. The van der Waals surface area contributed by atoms with E-state index < -0.39 is 10.0 Å². The molecule has 4 rings (SSSR count). The number of fused-ring (bicyclic) bond motifs is 1. The predicted molar refractivity (Wildman–Crippen MR) is 118 cm³/mol. The molecule has 2 aliphatic heterocycles. The number of carbonyl (C=O) groups excluding carboxylic acids is 1. The monoisotopic (exact) mass is 444 g/mol. The third kappa shape index (κ3) is 4.70. The van der Waals surface area contributed by atoms with Crippen LogP contribution >= 0.6 is 0 Å². The summed E-state index contributed by atoms with van der Waals surface area (Å²) >= 11 is 0. The summed E-state index contributed by atoms with van der Waals surface area (Å²) in [6.45, 7) is 5.70. The van der Waals surface area contributed by atoms with Gasteiger partial charge in [-0.05, 0) is 62.1 Å². The molecule has 2 aromatic rings. The van der Waals surface area contributed by atoms with Crippen molar-refractivity contribution in [2.24, 2.45) is 5.92 Å². The van der Waals surface area contributed by atoms with Crippen LogP contribution in [0.2, 0.25) is 0 Å². The zero-order valence-electron chi connectivity index (χ0n) is 17.9. The lowest BCUT2D eigenvalue weighted by molar-refractivity contribution is -0.120. The minimum Gasteiger partial charge on any atom is -0.490 e. The van der Waals surface area contributed by atoms with Crippen LogP contribution in [0, 0.1) is 19.8 Å². The number of hydrogen-bond acceptors (Lipinski definition) is 5. The summed E-state index contributed by atoms with van der Waals surface area (Å²) in [4.78, 5) is 12.9. The summed E-state index contributed by atoms with van der Waals surface area (Å²) in [5.74, 6) is 0.757. The van der Waals surface area contributed by atoms with Gasteiger partial charge in [0.2, 0.25) is 15.9 Å². The highest BCUT2D eigenvalue weighted by Gasteiger charge is 2.32. The number of benzene rings is 2. The minimum absolute atomic E-state index is 0.0594. The third-order valence-electron chi connectivity index (χ3n) is 5.96. The second-order valence-electron chi connectivity index (χ2n) is 8.13. The molecule has 0 unspecified atom stereocenters. The molecule has 1 amide bonds. The second-order valence-corrected chi connectivity index (χ2v) is 10.1. The molecule has 166 valence electrons. The van der Waals surface area contributed by atoms with Crippen molar-refractivity contribution in [2.75, 3.05) is 31.6 Å². The molecule has 8 heteroatoms. The van der Waals surface area contributed by atoms with Gasteiger partial charge in [-0.3, -0.25) is 4.79 Å². The lowest BCUT2D eigenvalue weighted by atomic mass is 9.97. The van der Waals surface area contributed by atoms with Gasteiger partial charge < -0.3 is 14.8 Å². The molecule has 1 fully saturated rings. The van der Waals surface area contributed by atoms with Gasteiger partial charge in [-0.2, -0.15) is 4.31 Å². The van der Waals surface area contributed by atoms with Crippen molar-refractivity contribution in [3.63, 3.8) is 0 Å². The zero-order valence-corrected chi connectivity index (χ0v) is 18.7. The Balaban J connectivity index is 1.40. The number of sulfonamides is 1. The van der Waals surface area contributed by atoms with E-state index in [0.717, 1.165) is 17.7 Å². The number of carbonyl (C=O) groups is 1. The van der Waals surface area contributed by atoms with Crippen LogP contribution < -0.4 is 14.8 Å². The zero-order chi connectivity index (χ0) is 22.0. The van der Waals surface area contributed by atoms with Crippen LogP contribution in [0.5, 0.6) is 11.5 Å². The number of anilines is 1. The van der Waals surface area contributed by atoms with Crippen LogP contribution in [0.15, 0.2) is 41.3 Å². The van der Waals surface area contributed by atoms with E-state index in [1.54, 1.807) is 12.1 Å². The third-order valence-corrected chi connectivity index (χ3v) is 7.85. The highest BCUT2D eigenvalue weighted by atomic mass is 32.2. The molecule has 2 aromatic carbocycles. The fourth-order valence-corrected chi connectivity index (χ4v) is 5.36. The standard InChI is InChI=1S/C23H28N2O5S/c1-16-4-5-19(14-17(16)2)24-23(26)18-8-10-25(11-9-18)31(27,28)20-6-7-21-22(15-20)30-13-3-12-29-21/h4-7,14-15,18H,3,8-13H2,1-2H3,(H,24,26). The Labute approximate surface area is 183 Å². The Bertz CT molecular complexity index is 1080. The van der Waals surface area contributed by atoms with Crippen molar-refractivity contribution >= 4 is 21.6 Å². The summed E-state index contributed by atoms with van der Waals surface area (Å²) in [6, 6.07) is 10.6. The van der Waals surface area contributed by atoms with Crippen LogP contribution in [0.4, 0.5) is 5.69 Å². The maximum atomic E-state index is 13.1. The van der Waals surface area contributed by atoms with E-state index in [2.05, 4.69) is 5.32 Å². The van der Waals surface area contributed by atoms with Crippen LogP contribution in [0.3, 0.4) is 0 Å². The van der Waals surface area contributed by atoms with Gasteiger partial charge in [-0.25, -0.2) is 8.42 Å². The molecule has 1 N–H and O–H groups in total. The number of ether oxygens (including phenoxy) is 2. The quantitative estimate of drug-likeness (QED) is 0.780. The Morgan fingerprint density at radius 3 is 2.39 bits per heavy atom. The van der Waals surface area contributed by atoms with Gasteiger partial charge in [0.1, 0.15) is 0 Å². The Kier molecular flexibility index (Phi) is 6.20. The Morgan fingerprint density at radius 1 is 0.968 bits per heavy atom. The maximum Gasteiger partial charge on any atom is 0.243 e. The molecule has 0 radical (unpaired) electrons. The van der Waals surface area contributed by atoms with E-state index in [1.165, 1.54) is 15.9 Å². The fourth-order valence-electron chi connectivity index (χ4n) is 3.87. The summed E-state index contributed by atoms with van der Waals surface area (Å²) in [5, 5.41) is 2.97. The molecule has 0 aliphatic carbocycles. The molecule has 7 nitrogen and oxygen atoms in total. The normalized spacial score (nSPS) is 17.7. The molecule has 0 spiro atoms. The van der Waals surface area contributed by atoms with Crippen molar-refractivity contribution in [3.8, 4) is 11.5 Å². The summed E-state index contributed by atoms with van der Waals surface area (Å²) in [6.07, 6.45) is 1.73. The SMILES string of the molecule is Cc1ccc(NC(=O)C2CCN(S(=O)(=O)c3ccc4c(c3)OCCCO4)CC2)cc1C. The Hall–Kier alpha value is -2.58. The maximum absolute atomic E-state index is 13.1. The molecule has 2 aliphatic rings. The predicted octanol–water partition coefficient (Wildman–Crippen LogP) is 3.50. The Morgan fingerprint density at radius 2 is 1.68 bits per heavy atom. The summed E-state index contributed by atoms with van der Waals surface area (Å²) < 4.78 is 38.9. The van der Waals surface area contributed by atoms with Crippen LogP contribution in [-0.4, -0.2) is 44.9 Å². The molecule has 1 saturated heterocycles. The van der Waals surface area contributed by atoms with E-state index in [9.17, 15) is 13.2 Å². The second kappa shape index (κ2) is 8.88. The van der Waals surface area contributed by atoms with Gasteiger partial charge in [0.25, 0.3) is 0 Å². The minimum atomic E-state index is -3.66. The van der Waals surface area contributed by atoms with Crippen LogP contribution in [0.25, 0.3) is 0 Å². The van der Waals surface area contributed by atoms with Crippen molar-refractivity contribution in [1.29, 1.82) is 0 Å². The number of hydrogen-bond donors (Lipinski definition) is 1. The van der Waals surface area contributed by atoms with Gasteiger partial charge in [0, 0.05) is 37.2 Å². The van der Waals surface area contributed by atoms with Crippen LogP contribution in [0.1, 0.15) is 30.4 Å². The average molecular weight is 445 g/mol. The molecule has 0 aromatic heterocycles. The number of nitrogens with one attached hydrogen (secondary N) is 1. The number of aryl methyl sites for hydroxylation is 2. The molecule has 0 atom stereocenters. The molecule has 0 saturated carbocycles. The van der Waals surface area contributed by atoms with Gasteiger partial charge >= 0.3 is 0 Å². The summed E-state index contributed by atoms with van der Waals surface area (Å²) in [5.41, 5.74) is 3.07. The fraction of sp³-hybridized carbons (Fsp3) is 0.435. The first-order chi connectivity index (χ1) is 14.8. The van der Waals surface area contributed by atoms with Crippen molar-refractivity contribution < 1.29 is 22.7 Å². The van der Waals surface area contributed by atoms with E-state index in [1.807, 2.05) is 32.0 Å². The van der Waals surface area contributed by atoms with Crippen molar-refractivity contribution in [1.82, 2.24) is 4.31 Å². The molecular weight excluding hydrogens is 416 g/mol. The lowest BCUT2D eigenvalue weighted by Gasteiger charge is -2.30. The van der Waals surface area contributed by atoms with Gasteiger partial charge in [-0.1, -0.05) is 6.07 Å². The molecule has 0 bridgehead atoms. The van der Waals surface area contributed by atoms with Gasteiger partial charge in [-0.15, -0.1) is 0 Å². The number of rotatable bonds is 4. The van der Waals surface area contributed by atoms with E-state index in [4.69, 9.17) is 9.47 Å². The number of piperidine rings is 1. The molecule has 2 heterocycles. The first-order valence-electron chi connectivity index (χ1n) is 10.6. The largest absolute Gasteiger partial charge is 0.490 e. The van der Waals surface area contributed by atoms with Crippen LogP contribution in [-0.2, 0) is 14.8 Å². The highest BCUT2D eigenvalue weighted by molar-refractivity contribution is 7.89.